The topological polar surface area (TPSA) is 13.1 Å². The van der Waals surface area contributed by atoms with Crippen LogP contribution in [0, 0.1) is 0 Å². The Hall–Kier alpha value is -4.10. The number of fused-ring (bicyclic) bond motifs is 10. The van der Waals surface area contributed by atoms with E-state index in [-0.39, 0.29) is 0 Å². The molecule has 0 aliphatic carbocycles. The first kappa shape index (κ1) is 17.6. The Balaban J connectivity index is 1.74. The quantitative estimate of drug-likeness (QED) is 0.261. The lowest BCUT2D eigenvalue weighted by Gasteiger charge is -2.13. The highest BCUT2D eigenvalue weighted by Crippen LogP contribution is 2.43. The van der Waals surface area contributed by atoms with Gasteiger partial charge >= 0.3 is 0 Å². The average molecular weight is 409 g/mol. The van der Waals surface area contributed by atoms with Gasteiger partial charge in [0.25, 0.3) is 0 Å². The molecule has 0 aliphatic rings. The molecule has 0 saturated carbocycles. The summed E-state index contributed by atoms with van der Waals surface area (Å²) in [7, 11) is 0. The van der Waals surface area contributed by atoms with Crippen LogP contribution in [-0.4, -0.2) is 0 Å². The van der Waals surface area contributed by atoms with E-state index in [0.29, 0.717) is 0 Å². The molecule has 1 heteroatoms. The SMILES string of the molecule is c1ccc(Cc2cc3c4ccccc4c4ccccc4c3c3oc4ccccc4c23)cc1. The zero-order chi connectivity index (χ0) is 21.1. The van der Waals surface area contributed by atoms with Crippen LogP contribution in [0.1, 0.15) is 11.1 Å². The van der Waals surface area contributed by atoms with Crippen molar-refractivity contribution in [2.45, 2.75) is 6.42 Å². The van der Waals surface area contributed by atoms with Gasteiger partial charge in [0.2, 0.25) is 0 Å². The van der Waals surface area contributed by atoms with E-state index in [2.05, 4.69) is 109 Å². The summed E-state index contributed by atoms with van der Waals surface area (Å²) in [6, 6.07) is 39.0. The van der Waals surface area contributed by atoms with Crippen molar-refractivity contribution in [1.29, 1.82) is 0 Å². The molecule has 32 heavy (non-hydrogen) atoms. The maximum Gasteiger partial charge on any atom is 0.144 e. The first-order valence-corrected chi connectivity index (χ1v) is 11.1. The molecule has 0 atom stereocenters. The van der Waals surface area contributed by atoms with Gasteiger partial charge in [-0.25, -0.2) is 0 Å². The zero-order valence-corrected chi connectivity index (χ0v) is 17.5. The third kappa shape index (κ3) is 2.45. The Labute approximate surface area is 185 Å². The second kappa shape index (κ2) is 6.70. The highest BCUT2D eigenvalue weighted by atomic mass is 16.3. The molecule has 0 amide bonds. The van der Waals surface area contributed by atoms with Crippen molar-refractivity contribution in [2.24, 2.45) is 0 Å². The van der Waals surface area contributed by atoms with E-state index in [1.54, 1.807) is 0 Å². The maximum atomic E-state index is 6.60. The summed E-state index contributed by atoms with van der Waals surface area (Å²) >= 11 is 0. The molecule has 0 aliphatic heterocycles. The molecule has 7 rings (SSSR count). The summed E-state index contributed by atoms with van der Waals surface area (Å²) in [5.41, 5.74) is 4.56. The van der Waals surface area contributed by atoms with E-state index >= 15 is 0 Å². The fourth-order valence-electron chi connectivity index (χ4n) is 5.31. The lowest BCUT2D eigenvalue weighted by molar-refractivity contribution is 0.673. The minimum Gasteiger partial charge on any atom is -0.455 e. The summed E-state index contributed by atoms with van der Waals surface area (Å²) in [6.07, 6.45) is 0.873. The highest BCUT2D eigenvalue weighted by molar-refractivity contribution is 6.32. The standard InChI is InChI=1S/C31H20O/c1-2-10-20(11-3-1)18-21-19-27-24-14-5-4-12-22(24)23-13-6-7-15-25(23)30(27)31-29(21)26-16-8-9-17-28(26)32-31/h1-17,19H,18H2. The second-order valence-corrected chi connectivity index (χ2v) is 8.51. The molecule has 0 bridgehead atoms. The van der Waals surface area contributed by atoms with Gasteiger partial charge < -0.3 is 4.42 Å². The average Bonchev–Trinajstić information content (AvgIpc) is 3.25. The third-order valence-electron chi connectivity index (χ3n) is 6.67. The van der Waals surface area contributed by atoms with Gasteiger partial charge in [0.05, 0.1) is 0 Å². The van der Waals surface area contributed by atoms with Crippen molar-refractivity contribution in [3.05, 3.63) is 120 Å². The Kier molecular flexibility index (Phi) is 3.68. The van der Waals surface area contributed by atoms with Crippen LogP contribution in [0.3, 0.4) is 0 Å². The van der Waals surface area contributed by atoms with Gasteiger partial charge in [-0.3, -0.25) is 0 Å². The van der Waals surface area contributed by atoms with Crippen molar-refractivity contribution >= 4 is 54.3 Å². The lowest BCUT2D eigenvalue weighted by Crippen LogP contribution is -1.92. The van der Waals surface area contributed by atoms with E-state index in [4.69, 9.17) is 4.42 Å². The minimum absolute atomic E-state index is 0.873. The molecular formula is C31H20O. The molecule has 0 radical (unpaired) electrons. The van der Waals surface area contributed by atoms with Crippen LogP contribution < -0.4 is 0 Å². The smallest absolute Gasteiger partial charge is 0.144 e. The number of para-hydroxylation sites is 1. The molecule has 1 aromatic heterocycles. The van der Waals surface area contributed by atoms with Crippen molar-refractivity contribution in [1.82, 2.24) is 0 Å². The van der Waals surface area contributed by atoms with Crippen LogP contribution in [0.25, 0.3) is 54.3 Å². The van der Waals surface area contributed by atoms with Crippen molar-refractivity contribution < 1.29 is 4.42 Å². The third-order valence-corrected chi connectivity index (χ3v) is 6.67. The van der Waals surface area contributed by atoms with Crippen LogP contribution in [0.2, 0.25) is 0 Å². The molecule has 1 heterocycles. The molecule has 150 valence electrons. The van der Waals surface area contributed by atoms with Crippen molar-refractivity contribution in [3.8, 4) is 0 Å². The van der Waals surface area contributed by atoms with Gasteiger partial charge in [0.15, 0.2) is 0 Å². The first-order valence-electron chi connectivity index (χ1n) is 11.1. The predicted molar refractivity (Wildman–Crippen MR) is 135 cm³/mol. The largest absolute Gasteiger partial charge is 0.455 e. The zero-order valence-electron chi connectivity index (χ0n) is 17.5. The van der Waals surface area contributed by atoms with Crippen LogP contribution in [0.4, 0.5) is 0 Å². The number of benzene rings is 6. The molecule has 6 aromatic carbocycles. The number of hydrogen-bond donors (Lipinski definition) is 0. The molecule has 0 saturated heterocycles. The van der Waals surface area contributed by atoms with E-state index in [0.717, 1.165) is 17.6 Å². The Morgan fingerprint density at radius 3 is 1.78 bits per heavy atom. The number of hydrogen-bond acceptors (Lipinski definition) is 1. The van der Waals surface area contributed by atoms with E-state index in [9.17, 15) is 0 Å². The highest BCUT2D eigenvalue weighted by Gasteiger charge is 2.19. The fraction of sp³-hybridized carbons (Fsp3) is 0.0323. The van der Waals surface area contributed by atoms with Crippen LogP contribution in [-0.2, 0) is 6.42 Å². The number of furan rings is 1. The molecule has 0 unspecified atom stereocenters. The first-order chi connectivity index (χ1) is 15.9. The molecule has 0 spiro atoms. The van der Waals surface area contributed by atoms with Crippen molar-refractivity contribution in [2.75, 3.05) is 0 Å². The van der Waals surface area contributed by atoms with Crippen LogP contribution >= 0.6 is 0 Å². The van der Waals surface area contributed by atoms with E-state index < -0.39 is 0 Å². The molecule has 1 nitrogen and oxygen atoms in total. The van der Waals surface area contributed by atoms with Gasteiger partial charge in [0, 0.05) is 16.2 Å². The van der Waals surface area contributed by atoms with Crippen molar-refractivity contribution in [3.63, 3.8) is 0 Å². The summed E-state index contributed by atoms with van der Waals surface area (Å²) in [5.74, 6) is 0. The molecule has 0 fully saturated rings. The van der Waals surface area contributed by atoms with E-state index in [1.807, 2.05) is 0 Å². The van der Waals surface area contributed by atoms with Crippen LogP contribution in [0.5, 0.6) is 0 Å². The summed E-state index contributed by atoms with van der Waals surface area (Å²) in [5, 5.41) is 9.98. The number of rotatable bonds is 2. The Bertz CT molecular complexity index is 1790. The van der Waals surface area contributed by atoms with Gasteiger partial charge in [-0.2, -0.15) is 0 Å². The predicted octanol–water partition coefficient (Wildman–Crippen LogP) is 8.64. The normalized spacial score (nSPS) is 11.9. The maximum absolute atomic E-state index is 6.60. The van der Waals surface area contributed by atoms with Gasteiger partial charge in [-0.1, -0.05) is 97.1 Å². The molecule has 0 N–H and O–H groups in total. The summed E-state index contributed by atoms with van der Waals surface area (Å²) in [4.78, 5) is 0. The Morgan fingerprint density at radius 2 is 1.03 bits per heavy atom. The van der Waals surface area contributed by atoms with Gasteiger partial charge in [0.1, 0.15) is 11.2 Å². The minimum atomic E-state index is 0.873. The summed E-state index contributed by atoms with van der Waals surface area (Å²) in [6.45, 7) is 0. The van der Waals surface area contributed by atoms with E-state index in [1.165, 1.54) is 54.2 Å². The summed E-state index contributed by atoms with van der Waals surface area (Å²) < 4.78 is 6.60. The fourth-order valence-corrected chi connectivity index (χ4v) is 5.31. The lowest BCUT2D eigenvalue weighted by atomic mass is 9.89. The molecular weight excluding hydrogens is 388 g/mol. The van der Waals surface area contributed by atoms with Gasteiger partial charge in [-0.05, 0) is 56.6 Å². The monoisotopic (exact) mass is 408 g/mol. The second-order valence-electron chi connectivity index (χ2n) is 8.51. The van der Waals surface area contributed by atoms with Gasteiger partial charge in [-0.15, -0.1) is 0 Å². The molecule has 7 aromatic rings. The van der Waals surface area contributed by atoms with Crippen LogP contribution in [0.15, 0.2) is 114 Å². The Morgan fingerprint density at radius 1 is 0.469 bits per heavy atom.